The van der Waals surface area contributed by atoms with Gasteiger partial charge in [-0.1, -0.05) is 43.7 Å². The van der Waals surface area contributed by atoms with Gasteiger partial charge in [0, 0.05) is 5.41 Å². The first-order chi connectivity index (χ1) is 11.3. The number of allylic oxidation sites excluding steroid dienone is 5. The molecule has 0 amide bonds. The van der Waals surface area contributed by atoms with Crippen LogP contribution >= 0.6 is 0 Å². The molecule has 3 rings (SSSR count). The molecule has 0 aromatic heterocycles. The van der Waals surface area contributed by atoms with E-state index in [1.165, 1.54) is 11.1 Å². The van der Waals surface area contributed by atoms with Crippen molar-refractivity contribution in [2.45, 2.75) is 71.8 Å². The van der Waals surface area contributed by atoms with E-state index in [9.17, 15) is 9.90 Å². The fraction of sp³-hybridized carbons (Fsp3) is 0.682. The molecule has 2 saturated carbocycles. The zero-order valence-corrected chi connectivity index (χ0v) is 15.5. The van der Waals surface area contributed by atoms with E-state index < -0.39 is 0 Å². The summed E-state index contributed by atoms with van der Waals surface area (Å²) < 4.78 is 0. The number of hydrogen-bond acceptors (Lipinski definition) is 2. The molecule has 0 heterocycles. The third-order valence-electron chi connectivity index (χ3n) is 7.06. The number of hydrogen-bond donors (Lipinski definition) is 1. The van der Waals surface area contributed by atoms with Gasteiger partial charge in [-0.15, -0.1) is 0 Å². The highest BCUT2D eigenvalue weighted by molar-refractivity contribution is 6.01. The first-order valence-corrected chi connectivity index (χ1v) is 9.61. The van der Waals surface area contributed by atoms with Gasteiger partial charge in [-0.3, -0.25) is 4.79 Å². The van der Waals surface area contributed by atoms with Gasteiger partial charge in [0.1, 0.15) is 0 Å². The summed E-state index contributed by atoms with van der Waals surface area (Å²) in [4.78, 5) is 13.2. The molecule has 2 heteroatoms. The second-order valence-electron chi connectivity index (χ2n) is 8.62. The normalized spacial score (nSPS) is 41.8. The predicted molar refractivity (Wildman–Crippen MR) is 98.6 cm³/mol. The Hall–Kier alpha value is -1.15. The lowest BCUT2D eigenvalue weighted by Gasteiger charge is -2.49. The van der Waals surface area contributed by atoms with Gasteiger partial charge < -0.3 is 5.11 Å². The summed E-state index contributed by atoms with van der Waals surface area (Å²) in [6, 6.07) is 0. The van der Waals surface area contributed by atoms with Crippen molar-refractivity contribution in [2.75, 3.05) is 0 Å². The van der Waals surface area contributed by atoms with E-state index in [4.69, 9.17) is 0 Å². The molecule has 3 aliphatic carbocycles. The van der Waals surface area contributed by atoms with Crippen molar-refractivity contribution in [3.63, 3.8) is 0 Å². The standard InChI is InChI=1S/C22H32O2/c1-14(2)17-7-5-16(6-8-17)13-18-9-10-19-15(3)20(23)11-12-22(19,4)21(18)24/h5,13,15,17,19-20,23H,1,6-12H2,2-4H3/t15-,17+,19?,20?,22-/m0/s1. The van der Waals surface area contributed by atoms with Crippen molar-refractivity contribution < 1.29 is 9.90 Å². The van der Waals surface area contributed by atoms with Crippen molar-refractivity contribution in [3.05, 3.63) is 35.5 Å². The summed E-state index contributed by atoms with van der Waals surface area (Å²) in [5.74, 6) is 1.52. The van der Waals surface area contributed by atoms with E-state index in [0.717, 1.165) is 50.5 Å². The number of rotatable bonds is 2. The van der Waals surface area contributed by atoms with Gasteiger partial charge in [-0.25, -0.2) is 0 Å². The molecule has 0 aromatic rings. The van der Waals surface area contributed by atoms with Gasteiger partial charge in [-0.05, 0) is 75.2 Å². The maximum atomic E-state index is 13.2. The first-order valence-electron chi connectivity index (χ1n) is 9.61. The van der Waals surface area contributed by atoms with Crippen molar-refractivity contribution in [3.8, 4) is 0 Å². The van der Waals surface area contributed by atoms with E-state index in [-0.39, 0.29) is 17.4 Å². The minimum Gasteiger partial charge on any atom is -0.393 e. The highest BCUT2D eigenvalue weighted by atomic mass is 16.3. The predicted octanol–water partition coefficient (Wildman–Crippen LogP) is 4.99. The molecular weight excluding hydrogens is 296 g/mol. The molecule has 0 aliphatic heterocycles. The van der Waals surface area contributed by atoms with Gasteiger partial charge >= 0.3 is 0 Å². The van der Waals surface area contributed by atoms with Crippen LogP contribution in [0.3, 0.4) is 0 Å². The quantitative estimate of drug-likeness (QED) is 0.572. The summed E-state index contributed by atoms with van der Waals surface area (Å²) in [6.45, 7) is 10.5. The molecule has 2 nitrogen and oxygen atoms in total. The summed E-state index contributed by atoms with van der Waals surface area (Å²) in [6.07, 6.45) is 11.0. The summed E-state index contributed by atoms with van der Waals surface area (Å²) in [5.41, 5.74) is 3.37. The van der Waals surface area contributed by atoms with Crippen LogP contribution in [0.5, 0.6) is 0 Å². The van der Waals surface area contributed by atoms with E-state index >= 15 is 0 Å². The lowest BCUT2D eigenvalue weighted by Crippen LogP contribution is -2.50. The Kier molecular flexibility index (Phi) is 4.88. The molecule has 2 fully saturated rings. The van der Waals surface area contributed by atoms with Crippen LogP contribution in [0.25, 0.3) is 0 Å². The smallest absolute Gasteiger partial charge is 0.165 e. The van der Waals surface area contributed by atoms with Gasteiger partial charge in [0.25, 0.3) is 0 Å². The van der Waals surface area contributed by atoms with Crippen LogP contribution in [0.2, 0.25) is 0 Å². The highest BCUT2D eigenvalue weighted by Gasteiger charge is 2.51. The molecule has 3 aliphatic rings. The average Bonchev–Trinajstić information content (AvgIpc) is 2.56. The topological polar surface area (TPSA) is 37.3 Å². The molecule has 0 saturated heterocycles. The van der Waals surface area contributed by atoms with E-state index in [1.807, 2.05) is 0 Å². The monoisotopic (exact) mass is 328 g/mol. The SMILES string of the molecule is C=C(C)[C@@H]1CC=C(C=C2CCC3[C@H](C)C(O)CC[C@]3(C)C2=O)CC1. The Morgan fingerprint density at radius 3 is 2.71 bits per heavy atom. The van der Waals surface area contributed by atoms with Crippen LogP contribution in [-0.2, 0) is 4.79 Å². The number of carbonyl (C=O) groups is 1. The second kappa shape index (κ2) is 6.63. The Labute approximate surface area is 146 Å². The van der Waals surface area contributed by atoms with Crippen molar-refractivity contribution in [1.82, 2.24) is 0 Å². The van der Waals surface area contributed by atoms with Crippen LogP contribution in [0.1, 0.15) is 65.7 Å². The lowest BCUT2D eigenvalue weighted by molar-refractivity contribution is -0.138. The van der Waals surface area contributed by atoms with Crippen LogP contribution in [0, 0.1) is 23.2 Å². The molecule has 0 aromatic carbocycles. The molecule has 0 spiro atoms. The van der Waals surface area contributed by atoms with Crippen LogP contribution in [-0.4, -0.2) is 17.0 Å². The molecule has 5 atom stereocenters. The molecule has 2 unspecified atom stereocenters. The number of aliphatic hydroxyl groups excluding tert-OH is 1. The number of fused-ring (bicyclic) bond motifs is 1. The Balaban J connectivity index is 1.77. The lowest BCUT2D eigenvalue weighted by atomic mass is 9.54. The Morgan fingerprint density at radius 1 is 1.33 bits per heavy atom. The molecular formula is C22H32O2. The molecule has 1 N–H and O–H groups in total. The summed E-state index contributed by atoms with van der Waals surface area (Å²) in [5, 5.41) is 10.2. The van der Waals surface area contributed by atoms with Crippen LogP contribution in [0.15, 0.2) is 35.5 Å². The minimum absolute atomic E-state index is 0.235. The zero-order chi connectivity index (χ0) is 17.5. The number of ketones is 1. The van der Waals surface area contributed by atoms with Crippen molar-refractivity contribution >= 4 is 5.78 Å². The third-order valence-corrected chi connectivity index (χ3v) is 7.06. The first kappa shape index (κ1) is 17.7. The zero-order valence-electron chi connectivity index (χ0n) is 15.5. The fourth-order valence-corrected chi connectivity index (χ4v) is 5.19. The number of aliphatic hydroxyl groups is 1. The third kappa shape index (κ3) is 3.06. The molecule has 0 bridgehead atoms. The molecule has 132 valence electrons. The van der Waals surface area contributed by atoms with Crippen molar-refractivity contribution in [1.29, 1.82) is 0 Å². The average molecular weight is 328 g/mol. The summed E-state index contributed by atoms with van der Waals surface area (Å²) >= 11 is 0. The maximum Gasteiger partial charge on any atom is 0.165 e. The fourth-order valence-electron chi connectivity index (χ4n) is 5.19. The largest absolute Gasteiger partial charge is 0.393 e. The highest BCUT2D eigenvalue weighted by Crippen LogP contribution is 2.52. The Morgan fingerprint density at radius 2 is 2.08 bits per heavy atom. The summed E-state index contributed by atoms with van der Waals surface area (Å²) in [7, 11) is 0. The number of carbonyl (C=O) groups excluding carboxylic acids is 1. The van der Waals surface area contributed by atoms with Gasteiger partial charge in [0.05, 0.1) is 6.10 Å². The van der Waals surface area contributed by atoms with Gasteiger partial charge in [0.15, 0.2) is 5.78 Å². The van der Waals surface area contributed by atoms with E-state index in [1.54, 1.807) is 0 Å². The maximum absolute atomic E-state index is 13.2. The van der Waals surface area contributed by atoms with Crippen LogP contribution in [0.4, 0.5) is 0 Å². The minimum atomic E-state index is -0.266. The van der Waals surface area contributed by atoms with E-state index in [0.29, 0.717) is 17.6 Å². The second-order valence-corrected chi connectivity index (χ2v) is 8.62. The van der Waals surface area contributed by atoms with Crippen molar-refractivity contribution in [2.24, 2.45) is 23.2 Å². The Bertz CT molecular complexity index is 597. The van der Waals surface area contributed by atoms with Gasteiger partial charge in [-0.2, -0.15) is 0 Å². The van der Waals surface area contributed by atoms with Gasteiger partial charge in [0.2, 0.25) is 0 Å². The molecule has 24 heavy (non-hydrogen) atoms. The van der Waals surface area contributed by atoms with E-state index in [2.05, 4.69) is 39.5 Å². The number of Topliss-reactive ketones (excluding diaryl/α,β-unsaturated/α-hetero) is 1. The molecule has 0 radical (unpaired) electrons. The van der Waals surface area contributed by atoms with Crippen LogP contribution < -0.4 is 0 Å².